The lowest BCUT2D eigenvalue weighted by Gasteiger charge is -2.35. The normalized spacial score (nSPS) is 18.0. The van der Waals surface area contributed by atoms with E-state index in [0.717, 1.165) is 10.5 Å². The number of anilines is 1. The number of sulfonamides is 1. The van der Waals surface area contributed by atoms with Crippen LogP contribution in [0.25, 0.3) is 22.4 Å². The molecule has 0 aliphatic carbocycles. The van der Waals surface area contributed by atoms with Crippen molar-refractivity contribution in [2.75, 3.05) is 24.2 Å². The average molecular weight is 507 g/mol. The number of nitrogens with one attached hydrogen (secondary N) is 2. The Balaban J connectivity index is 1.56. The van der Waals surface area contributed by atoms with E-state index in [9.17, 15) is 26.0 Å². The van der Waals surface area contributed by atoms with Gasteiger partial charge < -0.3 is 10.3 Å². The van der Waals surface area contributed by atoms with E-state index in [1.54, 1.807) is 12.3 Å². The topological polar surface area (TPSA) is 104 Å². The summed E-state index contributed by atoms with van der Waals surface area (Å²) < 4.78 is 78.1. The fraction of sp³-hybridized carbons (Fsp3) is 0.421. The second-order valence-electron chi connectivity index (χ2n) is 7.65. The van der Waals surface area contributed by atoms with Gasteiger partial charge in [0.15, 0.2) is 23.2 Å². The lowest BCUT2D eigenvalue weighted by Crippen LogP contribution is -2.49. The summed E-state index contributed by atoms with van der Waals surface area (Å²) in [4.78, 5) is 15.3. The summed E-state index contributed by atoms with van der Waals surface area (Å²) in [7, 11) is -4.56. The Kier molecular flexibility index (Phi) is 6.47. The van der Waals surface area contributed by atoms with Gasteiger partial charge in [-0.3, -0.25) is 0 Å². The SMILES string of the molecule is O=S(=O)(CC(F)(F)F)N1CCCC[C@@H]1CNc1nc(-c2c[nH]c3ncc(Cl)cc23)ncc1F. The van der Waals surface area contributed by atoms with Crippen LogP contribution >= 0.6 is 11.6 Å². The second-order valence-corrected chi connectivity index (χ2v) is 10.0. The quantitative estimate of drug-likeness (QED) is 0.490. The van der Waals surface area contributed by atoms with Gasteiger partial charge in [0, 0.05) is 42.5 Å². The van der Waals surface area contributed by atoms with Crippen LogP contribution in [0.5, 0.6) is 0 Å². The highest BCUT2D eigenvalue weighted by atomic mass is 35.5. The first-order chi connectivity index (χ1) is 15.5. The van der Waals surface area contributed by atoms with Crippen molar-refractivity contribution in [3.8, 4) is 11.4 Å². The minimum atomic E-state index is -4.85. The number of halogens is 5. The van der Waals surface area contributed by atoms with Crippen LogP contribution in [0, 0.1) is 5.82 Å². The molecule has 1 aliphatic rings. The van der Waals surface area contributed by atoms with Crippen LogP contribution in [0.3, 0.4) is 0 Å². The molecule has 1 saturated heterocycles. The predicted octanol–water partition coefficient (Wildman–Crippen LogP) is 3.97. The molecule has 0 radical (unpaired) electrons. The van der Waals surface area contributed by atoms with Gasteiger partial charge in [0.05, 0.1) is 11.2 Å². The summed E-state index contributed by atoms with van der Waals surface area (Å²) in [6.07, 6.45) is 0.612. The Hall–Kier alpha value is -2.51. The number of pyridine rings is 1. The lowest BCUT2D eigenvalue weighted by molar-refractivity contribution is -0.107. The fourth-order valence-corrected chi connectivity index (χ4v) is 5.61. The van der Waals surface area contributed by atoms with Gasteiger partial charge in [-0.1, -0.05) is 18.0 Å². The van der Waals surface area contributed by atoms with Gasteiger partial charge in [-0.15, -0.1) is 0 Å². The zero-order valence-corrected chi connectivity index (χ0v) is 18.6. The third kappa shape index (κ3) is 5.36. The lowest BCUT2D eigenvalue weighted by atomic mass is 10.1. The molecule has 3 aromatic rings. The molecule has 0 spiro atoms. The summed E-state index contributed by atoms with van der Waals surface area (Å²) >= 11 is 6.00. The molecule has 14 heteroatoms. The molecule has 4 heterocycles. The summed E-state index contributed by atoms with van der Waals surface area (Å²) in [5.74, 6) is -2.74. The molecular formula is C19H19ClF4N6O2S. The van der Waals surface area contributed by atoms with Crippen LogP contribution in [0.1, 0.15) is 19.3 Å². The van der Waals surface area contributed by atoms with Crippen LogP contribution < -0.4 is 5.32 Å². The fourth-order valence-electron chi connectivity index (χ4n) is 3.83. The number of hydrogen-bond acceptors (Lipinski definition) is 6. The van der Waals surface area contributed by atoms with E-state index in [1.807, 2.05) is 0 Å². The number of rotatable bonds is 6. The van der Waals surface area contributed by atoms with Crippen molar-refractivity contribution in [3.63, 3.8) is 0 Å². The van der Waals surface area contributed by atoms with Crippen molar-refractivity contribution in [1.29, 1.82) is 0 Å². The summed E-state index contributed by atoms with van der Waals surface area (Å²) in [6, 6.07) is 0.890. The Morgan fingerprint density at radius 1 is 1.24 bits per heavy atom. The third-order valence-corrected chi connectivity index (χ3v) is 7.36. The van der Waals surface area contributed by atoms with E-state index in [2.05, 4.69) is 25.3 Å². The van der Waals surface area contributed by atoms with Gasteiger partial charge in [-0.25, -0.2) is 27.8 Å². The molecule has 0 saturated carbocycles. The van der Waals surface area contributed by atoms with Crippen molar-refractivity contribution in [1.82, 2.24) is 24.2 Å². The highest BCUT2D eigenvalue weighted by Crippen LogP contribution is 2.29. The molecule has 0 aromatic carbocycles. The zero-order valence-electron chi connectivity index (χ0n) is 17.0. The van der Waals surface area contributed by atoms with E-state index in [0.29, 0.717) is 40.9 Å². The molecule has 8 nitrogen and oxygen atoms in total. The van der Waals surface area contributed by atoms with Crippen LogP contribution in [0.15, 0.2) is 24.7 Å². The standard InChI is InChI=1S/C19H19ClF4N6O2S/c20-11-5-13-14(8-27-16(13)25-6-11)17-28-9-15(21)18(29-17)26-7-12-3-1-2-4-30(12)33(31,32)10-19(22,23)24/h5-6,8-9,12H,1-4,7,10H2,(H,25,27)(H,26,28,29)/t12-/m1/s1. The first-order valence-corrected chi connectivity index (χ1v) is 12.0. The van der Waals surface area contributed by atoms with Crippen molar-refractivity contribution in [2.24, 2.45) is 0 Å². The number of hydrogen-bond donors (Lipinski definition) is 2. The van der Waals surface area contributed by atoms with Gasteiger partial charge >= 0.3 is 6.18 Å². The maximum Gasteiger partial charge on any atom is 0.404 e. The maximum absolute atomic E-state index is 14.4. The monoisotopic (exact) mass is 506 g/mol. The molecule has 178 valence electrons. The van der Waals surface area contributed by atoms with Gasteiger partial charge in [0.1, 0.15) is 5.65 Å². The number of nitrogens with zero attached hydrogens (tertiary/aromatic N) is 4. The predicted molar refractivity (Wildman–Crippen MR) is 115 cm³/mol. The van der Waals surface area contributed by atoms with Gasteiger partial charge in [-0.2, -0.15) is 17.5 Å². The van der Waals surface area contributed by atoms with Crippen LogP contribution in [0.2, 0.25) is 5.02 Å². The van der Waals surface area contributed by atoms with Crippen molar-refractivity contribution < 1.29 is 26.0 Å². The molecule has 3 aromatic heterocycles. The van der Waals surface area contributed by atoms with E-state index >= 15 is 0 Å². The summed E-state index contributed by atoms with van der Waals surface area (Å²) in [5, 5.41) is 3.76. The minimum Gasteiger partial charge on any atom is -0.366 e. The van der Waals surface area contributed by atoms with E-state index < -0.39 is 33.8 Å². The Morgan fingerprint density at radius 3 is 2.79 bits per heavy atom. The maximum atomic E-state index is 14.4. The van der Waals surface area contributed by atoms with Crippen LogP contribution in [-0.2, 0) is 10.0 Å². The molecule has 0 unspecified atom stereocenters. The Morgan fingerprint density at radius 2 is 2.03 bits per heavy atom. The number of piperidine rings is 1. The van der Waals surface area contributed by atoms with Crippen molar-refractivity contribution in [2.45, 2.75) is 31.5 Å². The zero-order chi connectivity index (χ0) is 23.8. The molecule has 0 bridgehead atoms. The highest BCUT2D eigenvalue weighted by molar-refractivity contribution is 7.89. The van der Waals surface area contributed by atoms with Crippen molar-refractivity contribution in [3.05, 3.63) is 35.5 Å². The molecule has 33 heavy (non-hydrogen) atoms. The minimum absolute atomic E-state index is 0.0225. The largest absolute Gasteiger partial charge is 0.404 e. The molecule has 1 atom stereocenters. The van der Waals surface area contributed by atoms with Gasteiger partial charge in [0.25, 0.3) is 0 Å². The molecule has 4 rings (SSSR count). The van der Waals surface area contributed by atoms with E-state index in [1.165, 1.54) is 6.20 Å². The Bertz CT molecular complexity index is 1270. The smallest absolute Gasteiger partial charge is 0.366 e. The van der Waals surface area contributed by atoms with Gasteiger partial charge in [-0.05, 0) is 18.9 Å². The number of alkyl halides is 3. The number of aromatic amines is 1. The average Bonchev–Trinajstić information content (AvgIpc) is 3.15. The third-order valence-electron chi connectivity index (χ3n) is 5.26. The summed E-state index contributed by atoms with van der Waals surface area (Å²) in [6.45, 7) is -0.128. The van der Waals surface area contributed by atoms with Crippen molar-refractivity contribution >= 4 is 38.5 Å². The van der Waals surface area contributed by atoms with Crippen LogP contribution in [-0.4, -0.2) is 63.7 Å². The first-order valence-electron chi connectivity index (χ1n) is 9.99. The van der Waals surface area contributed by atoms with E-state index in [4.69, 9.17) is 11.6 Å². The molecule has 1 fully saturated rings. The summed E-state index contributed by atoms with van der Waals surface area (Å²) in [5.41, 5.74) is 1.06. The molecule has 1 aliphatic heterocycles. The second kappa shape index (κ2) is 9.03. The molecule has 0 amide bonds. The first kappa shape index (κ1) is 23.6. The molecule has 2 N–H and O–H groups in total. The van der Waals surface area contributed by atoms with E-state index in [-0.39, 0.29) is 24.7 Å². The highest BCUT2D eigenvalue weighted by Gasteiger charge is 2.41. The molecular weight excluding hydrogens is 488 g/mol. The Labute approximate surface area is 191 Å². The number of aromatic nitrogens is 4. The number of fused-ring (bicyclic) bond motifs is 1. The van der Waals surface area contributed by atoms with Gasteiger partial charge in [0.2, 0.25) is 10.0 Å². The van der Waals surface area contributed by atoms with Crippen LogP contribution in [0.4, 0.5) is 23.4 Å². The number of H-pyrrole nitrogens is 1.